The van der Waals surface area contributed by atoms with E-state index in [1.54, 1.807) is 6.07 Å². The van der Waals surface area contributed by atoms with E-state index in [4.69, 9.17) is 9.15 Å². The molecule has 1 aliphatic carbocycles. The molecule has 0 saturated heterocycles. The van der Waals surface area contributed by atoms with E-state index in [0.717, 1.165) is 31.6 Å². The molecule has 1 aromatic heterocycles. The lowest BCUT2D eigenvalue weighted by atomic mass is 9.69. The first-order valence-corrected chi connectivity index (χ1v) is 8.42. The maximum absolute atomic E-state index is 11.9. The summed E-state index contributed by atoms with van der Waals surface area (Å²) >= 11 is 0. The van der Waals surface area contributed by atoms with E-state index in [0.29, 0.717) is 5.41 Å². The summed E-state index contributed by atoms with van der Waals surface area (Å²) in [5, 5.41) is 2.96. The topological polar surface area (TPSA) is 68.5 Å². The number of hydrogen-bond donors (Lipinski definition) is 1. The van der Waals surface area contributed by atoms with Crippen molar-refractivity contribution in [3.05, 3.63) is 24.2 Å². The van der Waals surface area contributed by atoms with Gasteiger partial charge in [0.1, 0.15) is 0 Å². The van der Waals surface area contributed by atoms with Crippen LogP contribution in [0.1, 0.15) is 63.4 Å². The number of furan rings is 1. The van der Waals surface area contributed by atoms with Crippen LogP contribution in [-0.4, -0.2) is 24.5 Å². The van der Waals surface area contributed by atoms with Crippen LogP contribution in [0.3, 0.4) is 0 Å². The fourth-order valence-electron chi connectivity index (χ4n) is 3.17. The summed E-state index contributed by atoms with van der Waals surface area (Å²) in [7, 11) is 0. The summed E-state index contributed by atoms with van der Waals surface area (Å²) in [6.07, 6.45) is 6.83. The SMILES string of the molecule is CCC(C)(C)C1CCC(NC(=O)COC(=O)c2ccco2)CC1. The van der Waals surface area contributed by atoms with Crippen LogP contribution in [0.4, 0.5) is 0 Å². The molecule has 1 heterocycles. The largest absolute Gasteiger partial charge is 0.457 e. The van der Waals surface area contributed by atoms with Crippen LogP contribution in [0.2, 0.25) is 0 Å². The molecule has 1 aliphatic rings. The number of carbonyl (C=O) groups excluding carboxylic acids is 2. The second-order valence-electron chi connectivity index (χ2n) is 7.01. The van der Waals surface area contributed by atoms with Crippen molar-refractivity contribution in [3.63, 3.8) is 0 Å². The fourth-order valence-corrected chi connectivity index (χ4v) is 3.17. The van der Waals surface area contributed by atoms with E-state index in [-0.39, 0.29) is 24.3 Å². The van der Waals surface area contributed by atoms with E-state index >= 15 is 0 Å². The lowest BCUT2D eigenvalue weighted by Gasteiger charge is -2.39. The molecule has 23 heavy (non-hydrogen) atoms. The Hall–Kier alpha value is -1.78. The molecule has 2 rings (SSSR count). The molecular weight excluding hydrogens is 294 g/mol. The maximum Gasteiger partial charge on any atom is 0.374 e. The fraction of sp³-hybridized carbons (Fsp3) is 0.667. The lowest BCUT2D eigenvalue weighted by molar-refractivity contribution is -0.125. The van der Waals surface area contributed by atoms with Crippen LogP contribution < -0.4 is 5.32 Å². The minimum absolute atomic E-state index is 0.111. The monoisotopic (exact) mass is 321 g/mol. The van der Waals surface area contributed by atoms with Crippen molar-refractivity contribution in [2.24, 2.45) is 11.3 Å². The Morgan fingerprint density at radius 1 is 1.30 bits per heavy atom. The van der Waals surface area contributed by atoms with Gasteiger partial charge in [-0.3, -0.25) is 4.79 Å². The van der Waals surface area contributed by atoms with E-state index in [2.05, 4.69) is 26.1 Å². The molecule has 0 aromatic carbocycles. The Balaban J connectivity index is 1.70. The van der Waals surface area contributed by atoms with Gasteiger partial charge < -0.3 is 14.5 Å². The molecule has 0 spiro atoms. The number of amides is 1. The Bertz CT molecular complexity index is 513. The van der Waals surface area contributed by atoms with Crippen LogP contribution in [0.15, 0.2) is 22.8 Å². The maximum atomic E-state index is 11.9. The quantitative estimate of drug-likeness (QED) is 0.814. The van der Waals surface area contributed by atoms with Crippen LogP contribution >= 0.6 is 0 Å². The van der Waals surface area contributed by atoms with E-state index in [1.807, 2.05) is 0 Å². The molecule has 1 N–H and O–H groups in total. The third kappa shape index (κ3) is 4.85. The molecule has 1 saturated carbocycles. The number of ether oxygens (including phenoxy) is 1. The number of carbonyl (C=O) groups is 2. The molecular formula is C18H27NO4. The summed E-state index contributed by atoms with van der Waals surface area (Å²) in [4.78, 5) is 23.5. The summed E-state index contributed by atoms with van der Waals surface area (Å²) < 4.78 is 9.86. The predicted molar refractivity (Wildman–Crippen MR) is 87.0 cm³/mol. The van der Waals surface area contributed by atoms with Gasteiger partial charge in [-0.1, -0.05) is 27.2 Å². The second-order valence-corrected chi connectivity index (χ2v) is 7.01. The number of esters is 1. The zero-order valence-corrected chi connectivity index (χ0v) is 14.3. The zero-order valence-electron chi connectivity index (χ0n) is 14.3. The van der Waals surface area contributed by atoms with Gasteiger partial charge in [-0.15, -0.1) is 0 Å². The Morgan fingerprint density at radius 2 is 2.00 bits per heavy atom. The van der Waals surface area contributed by atoms with Gasteiger partial charge in [0.05, 0.1) is 6.26 Å². The van der Waals surface area contributed by atoms with Gasteiger partial charge in [0.15, 0.2) is 6.61 Å². The highest BCUT2D eigenvalue weighted by atomic mass is 16.5. The summed E-state index contributed by atoms with van der Waals surface area (Å²) in [5.41, 5.74) is 0.369. The number of nitrogens with one attached hydrogen (secondary N) is 1. The van der Waals surface area contributed by atoms with Crippen LogP contribution in [0.25, 0.3) is 0 Å². The molecule has 0 unspecified atom stereocenters. The number of rotatable bonds is 6. The Labute approximate surface area is 137 Å². The normalized spacial score (nSPS) is 21.7. The molecule has 5 heteroatoms. The third-order valence-electron chi connectivity index (χ3n) is 5.17. The summed E-state index contributed by atoms with van der Waals surface area (Å²) in [6.45, 7) is 6.62. The van der Waals surface area contributed by atoms with Gasteiger partial charge in [-0.2, -0.15) is 0 Å². The van der Waals surface area contributed by atoms with E-state index in [9.17, 15) is 9.59 Å². The molecule has 1 fully saturated rings. The van der Waals surface area contributed by atoms with Crippen LogP contribution in [0.5, 0.6) is 0 Å². The van der Waals surface area contributed by atoms with E-state index in [1.165, 1.54) is 18.8 Å². The smallest absolute Gasteiger partial charge is 0.374 e. The average Bonchev–Trinajstić information content (AvgIpc) is 3.07. The van der Waals surface area contributed by atoms with Crippen molar-refractivity contribution in [1.29, 1.82) is 0 Å². The average molecular weight is 321 g/mol. The Morgan fingerprint density at radius 3 is 2.57 bits per heavy atom. The highest BCUT2D eigenvalue weighted by Gasteiger charge is 2.32. The minimum Gasteiger partial charge on any atom is -0.457 e. The van der Waals surface area contributed by atoms with Gasteiger partial charge >= 0.3 is 5.97 Å². The highest BCUT2D eigenvalue weighted by molar-refractivity contribution is 5.88. The van der Waals surface area contributed by atoms with Crippen LogP contribution in [0, 0.1) is 11.3 Å². The van der Waals surface area contributed by atoms with Crippen LogP contribution in [-0.2, 0) is 9.53 Å². The van der Waals surface area contributed by atoms with Crippen molar-refractivity contribution in [2.45, 2.75) is 58.9 Å². The first-order valence-electron chi connectivity index (χ1n) is 8.42. The highest BCUT2D eigenvalue weighted by Crippen LogP contribution is 2.40. The third-order valence-corrected chi connectivity index (χ3v) is 5.17. The summed E-state index contributed by atoms with van der Waals surface area (Å²) in [5.74, 6) is -0.0285. The molecule has 0 radical (unpaired) electrons. The van der Waals surface area contributed by atoms with Gasteiger partial charge in [0.25, 0.3) is 5.91 Å². The lowest BCUT2D eigenvalue weighted by Crippen LogP contribution is -2.41. The van der Waals surface area contributed by atoms with E-state index < -0.39 is 5.97 Å². The van der Waals surface area contributed by atoms with Crippen molar-refractivity contribution < 1.29 is 18.7 Å². The molecule has 128 valence electrons. The Kier molecular flexibility index (Phi) is 5.85. The first-order chi connectivity index (χ1) is 10.9. The zero-order chi connectivity index (χ0) is 16.9. The molecule has 5 nitrogen and oxygen atoms in total. The van der Waals surface area contributed by atoms with Crippen molar-refractivity contribution >= 4 is 11.9 Å². The number of hydrogen-bond acceptors (Lipinski definition) is 4. The first kappa shape index (κ1) is 17.6. The van der Waals surface area contributed by atoms with Gasteiger partial charge in [0.2, 0.25) is 5.76 Å². The van der Waals surface area contributed by atoms with Crippen molar-refractivity contribution in [3.8, 4) is 0 Å². The van der Waals surface area contributed by atoms with Gasteiger partial charge in [-0.05, 0) is 49.1 Å². The standard InChI is InChI=1S/C18H27NO4/c1-4-18(2,3)13-7-9-14(10-8-13)19-16(20)12-23-17(21)15-6-5-11-22-15/h5-6,11,13-14H,4,7-10,12H2,1-3H3,(H,19,20). The van der Waals surface area contributed by atoms with Gasteiger partial charge in [0, 0.05) is 6.04 Å². The molecule has 0 aliphatic heterocycles. The summed E-state index contributed by atoms with van der Waals surface area (Å²) in [6, 6.07) is 3.30. The minimum atomic E-state index is -0.612. The van der Waals surface area contributed by atoms with Crippen molar-refractivity contribution in [2.75, 3.05) is 6.61 Å². The molecule has 0 atom stereocenters. The molecule has 1 amide bonds. The predicted octanol–water partition coefficient (Wildman–Crippen LogP) is 3.55. The van der Waals surface area contributed by atoms with Crippen molar-refractivity contribution in [1.82, 2.24) is 5.32 Å². The molecule has 0 bridgehead atoms. The molecule has 1 aromatic rings. The second kappa shape index (κ2) is 7.66. The van der Waals surface area contributed by atoms with Gasteiger partial charge in [-0.25, -0.2) is 4.79 Å².